The highest BCUT2D eigenvalue weighted by Crippen LogP contribution is 2.47. The number of ether oxygens (including phenoxy) is 3. The van der Waals surface area contributed by atoms with Gasteiger partial charge in [0.25, 0.3) is 0 Å². The summed E-state index contributed by atoms with van der Waals surface area (Å²) in [6, 6.07) is 11.9. The third-order valence-corrected chi connectivity index (χ3v) is 9.59. The summed E-state index contributed by atoms with van der Waals surface area (Å²) < 4.78 is 17.3. The lowest BCUT2D eigenvalue weighted by Gasteiger charge is -2.45. The Morgan fingerprint density at radius 3 is 2.70 bits per heavy atom. The average Bonchev–Trinajstić information content (AvgIpc) is 3.09. The van der Waals surface area contributed by atoms with Gasteiger partial charge in [-0.15, -0.1) is 6.58 Å². The summed E-state index contributed by atoms with van der Waals surface area (Å²) in [6.07, 6.45) is 5.94. The zero-order valence-corrected chi connectivity index (χ0v) is 26.5. The van der Waals surface area contributed by atoms with Crippen LogP contribution in [0.1, 0.15) is 75.5 Å². The van der Waals surface area contributed by atoms with Crippen LogP contribution in [-0.4, -0.2) is 55.6 Å². The number of halogens is 1. The van der Waals surface area contributed by atoms with Gasteiger partial charge in [0.05, 0.1) is 37.8 Å². The van der Waals surface area contributed by atoms with E-state index in [0.717, 1.165) is 61.7 Å². The van der Waals surface area contributed by atoms with Crippen molar-refractivity contribution in [3.05, 3.63) is 70.8 Å². The third kappa shape index (κ3) is 6.73. The molecule has 0 amide bonds. The molecule has 5 rings (SSSR count). The predicted octanol–water partition coefficient (Wildman–Crippen LogP) is 6.37. The first-order valence-corrected chi connectivity index (χ1v) is 15.7. The van der Waals surface area contributed by atoms with Crippen LogP contribution in [-0.2, 0) is 30.9 Å². The van der Waals surface area contributed by atoms with Crippen LogP contribution >= 0.6 is 11.6 Å². The number of aryl methyl sites for hydroxylation is 1. The summed E-state index contributed by atoms with van der Waals surface area (Å²) in [5.74, 6) is -0.598. The summed E-state index contributed by atoms with van der Waals surface area (Å²) in [7, 11) is 1.33. The number of carbonyl (C=O) groups excluding carboxylic acids is 2. The van der Waals surface area contributed by atoms with Gasteiger partial charge in [-0.05, 0) is 106 Å². The molecular weight excluding hydrogens is 566 g/mol. The van der Waals surface area contributed by atoms with Gasteiger partial charge in [0.15, 0.2) is 0 Å². The van der Waals surface area contributed by atoms with E-state index >= 15 is 0 Å². The van der Waals surface area contributed by atoms with Crippen molar-refractivity contribution in [3.8, 4) is 5.75 Å². The van der Waals surface area contributed by atoms with Crippen LogP contribution in [0.15, 0.2) is 49.1 Å². The number of rotatable bonds is 8. The average molecular weight is 610 g/mol. The second kappa shape index (κ2) is 12.5. The van der Waals surface area contributed by atoms with Gasteiger partial charge in [-0.3, -0.25) is 9.59 Å². The second-order valence-corrected chi connectivity index (χ2v) is 13.9. The molecule has 0 radical (unpaired) electrons. The molecule has 8 heteroatoms. The maximum Gasteiger partial charge on any atom is 0.313 e. The molecule has 1 spiro atoms. The summed E-state index contributed by atoms with van der Waals surface area (Å²) in [5.41, 5.74) is 3.18. The van der Waals surface area contributed by atoms with Crippen LogP contribution in [0.3, 0.4) is 0 Å². The van der Waals surface area contributed by atoms with E-state index in [0.29, 0.717) is 12.2 Å². The van der Waals surface area contributed by atoms with E-state index < -0.39 is 29.6 Å². The van der Waals surface area contributed by atoms with E-state index in [1.165, 1.54) is 18.2 Å². The van der Waals surface area contributed by atoms with Crippen LogP contribution in [0.25, 0.3) is 0 Å². The first-order chi connectivity index (χ1) is 20.4. The smallest absolute Gasteiger partial charge is 0.313 e. The lowest BCUT2D eigenvalue weighted by molar-refractivity contribution is -0.158. The molecule has 5 atom stereocenters. The van der Waals surface area contributed by atoms with Crippen molar-refractivity contribution in [1.82, 2.24) is 0 Å². The first-order valence-electron chi connectivity index (χ1n) is 15.3. The molecular formula is C35H44ClNO6. The SMILES string of the molecule is C=CC(O)[C@@H]1CC[C@H]1CN1C[C@@]2(CCCc3cc(Cl)ccc32)COc2ccc([C@H](CC(=O)OC(C)(C)C)C(=O)OC)cc21. The van der Waals surface area contributed by atoms with Gasteiger partial charge >= 0.3 is 11.9 Å². The number of benzene rings is 2. The zero-order chi connectivity index (χ0) is 30.9. The lowest BCUT2D eigenvalue weighted by Crippen LogP contribution is -2.49. The highest BCUT2D eigenvalue weighted by Gasteiger charge is 2.44. The normalized spacial score (nSPS) is 24.4. The largest absolute Gasteiger partial charge is 0.490 e. The molecule has 3 aliphatic rings. The Morgan fingerprint density at radius 1 is 1.23 bits per heavy atom. The minimum absolute atomic E-state index is 0.127. The van der Waals surface area contributed by atoms with Crippen LogP contribution < -0.4 is 9.64 Å². The molecule has 1 N–H and O–H groups in total. The standard InChI is InChI=1S/C35H44ClNO6/c1-6-30(38)26-12-9-24(26)19-37-20-35(15-7-8-23-16-25(36)11-13-28(23)35)21-42-31-14-10-22(17-29(31)37)27(33(40)41-5)18-32(39)43-34(2,3)4/h6,10-11,13-14,16-17,24,26-27,30,38H,1,7-9,12,15,18-21H2,2-5H3/t24-,26+,27-,30?,35-/m0/s1. The van der Waals surface area contributed by atoms with Gasteiger partial charge in [-0.25, -0.2) is 0 Å². The highest BCUT2D eigenvalue weighted by molar-refractivity contribution is 6.30. The van der Waals surface area contributed by atoms with Gasteiger partial charge in [-0.1, -0.05) is 29.8 Å². The Kier molecular flexibility index (Phi) is 9.15. The quantitative estimate of drug-likeness (QED) is 0.275. The van der Waals surface area contributed by atoms with Crippen molar-refractivity contribution < 1.29 is 28.9 Å². The molecule has 1 saturated carbocycles. The highest BCUT2D eigenvalue weighted by atomic mass is 35.5. The number of hydrogen-bond acceptors (Lipinski definition) is 7. The first kappa shape index (κ1) is 31.4. The minimum Gasteiger partial charge on any atom is -0.490 e. The topological polar surface area (TPSA) is 85.3 Å². The Labute approximate surface area is 260 Å². The molecule has 1 heterocycles. The van der Waals surface area contributed by atoms with Crippen LogP contribution in [0.4, 0.5) is 5.69 Å². The zero-order valence-electron chi connectivity index (χ0n) is 25.7. The number of methoxy groups -OCH3 is 1. The number of aliphatic hydroxyl groups is 1. The van der Waals surface area contributed by atoms with E-state index in [4.69, 9.17) is 25.8 Å². The molecule has 1 fully saturated rings. The van der Waals surface area contributed by atoms with E-state index in [9.17, 15) is 14.7 Å². The van der Waals surface area contributed by atoms with Gasteiger partial charge < -0.3 is 24.2 Å². The number of nitrogens with zero attached hydrogens (tertiary/aromatic N) is 1. The maximum absolute atomic E-state index is 13.0. The number of anilines is 1. The summed E-state index contributed by atoms with van der Waals surface area (Å²) >= 11 is 6.40. The van der Waals surface area contributed by atoms with Gasteiger partial charge in [0.2, 0.25) is 0 Å². The monoisotopic (exact) mass is 609 g/mol. The molecule has 7 nitrogen and oxygen atoms in total. The molecule has 1 aliphatic heterocycles. The van der Waals surface area contributed by atoms with Crippen molar-refractivity contribution in [3.63, 3.8) is 0 Å². The van der Waals surface area contributed by atoms with Crippen molar-refractivity contribution in [2.24, 2.45) is 11.8 Å². The van der Waals surface area contributed by atoms with Crippen LogP contribution in [0.5, 0.6) is 5.75 Å². The maximum atomic E-state index is 13.0. The Bertz CT molecular complexity index is 1370. The molecule has 0 saturated heterocycles. The number of fused-ring (bicyclic) bond motifs is 3. The van der Waals surface area contributed by atoms with E-state index in [2.05, 4.69) is 23.6 Å². The number of aliphatic hydroxyl groups excluding tert-OH is 1. The van der Waals surface area contributed by atoms with Gasteiger partial charge in [0.1, 0.15) is 11.4 Å². The molecule has 43 heavy (non-hydrogen) atoms. The molecule has 2 aromatic rings. The fourth-order valence-electron chi connectivity index (χ4n) is 7.11. The number of hydrogen-bond donors (Lipinski definition) is 1. The van der Waals surface area contributed by atoms with Crippen LogP contribution in [0, 0.1) is 11.8 Å². The summed E-state index contributed by atoms with van der Waals surface area (Å²) in [6.45, 7) is 11.2. The Morgan fingerprint density at radius 2 is 2.02 bits per heavy atom. The molecule has 2 aromatic carbocycles. The van der Waals surface area contributed by atoms with Crippen molar-refractivity contribution >= 4 is 29.2 Å². The Balaban J connectivity index is 1.53. The van der Waals surface area contributed by atoms with E-state index in [-0.39, 0.29) is 23.7 Å². The van der Waals surface area contributed by atoms with Gasteiger partial charge in [-0.2, -0.15) is 0 Å². The minimum atomic E-state index is -0.819. The molecule has 0 aromatic heterocycles. The van der Waals surface area contributed by atoms with Crippen LogP contribution in [0.2, 0.25) is 5.02 Å². The van der Waals surface area contributed by atoms with E-state index in [1.54, 1.807) is 26.8 Å². The van der Waals surface area contributed by atoms with Gasteiger partial charge in [0, 0.05) is 23.5 Å². The fourth-order valence-corrected chi connectivity index (χ4v) is 7.30. The fraction of sp³-hybridized carbons (Fsp3) is 0.543. The lowest BCUT2D eigenvalue weighted by atomic mass is 9.68. The summed E-state index contributed by atoms with van der Waals surface area (Å²) in [5, 5.41) is 11.4. The molecule has 232 valence electrons. The molecule has 0 bridgehead atoms. The number of esters is 2. The Hall–Kier alpha value is -3.03. The predicted molar refractivity (Wildman–Crippen MR) is 168 cm³/mol. The third-order valence-electron chi connectivity index (χ3n) is 9.35. The number of carbonyl (C=O) groups is 2. The molecule has 2 aliphatic carbocycles. The summed E-state index contributed by atoms with van der Waals surface area (Å²) in [4.78, 5) is 28.2. The second-order valence-electron chi connectivity index (χ2n) is 13.4. The van der Waals surface area contributed by atoms with Crippen molar-refractivity contribution in [2.45, 2.75) is 82.3 Å². The van der Waals surface area contributed by atoms with Crippen molar-refractivity contribution in [1.29, 1.82) is 0 Å². The van der Waals surface area contributed by atoms with Crippen molar-refractivity contribution in [2.75, 3.05) is 31.7 Å². The van der Waals surface area contributed by atoms with E-state index in [1.807, 2.05) is 24.3 Å². The molecule has 1 unspecified atom stereocenters.